The van der Waals surface area contributed by atoms with E-state index < -0.39 is 0 Å². The molecule has 0 radical (unpaired) electrons. The fraction of sp³-hybridized carbons (Fsp3) is 0.500. The van der Waals surface area contributed by atoms with Crippen molar-refractivity contribution >= 4 is 0 Å². The molecule has 0 saturated carbocycles. The normalized spacial score (nSPS) is 9.79. The van der Waals surface area contributed by atoms with E-state index in [0.29, 0.717) is 5.69 Å². The number of imidazole rings is 1. The molecule has 0 aliphatic rings. The van der Waals surface area contributed by atoms with Gasteiger partial charge in [-0.05, 0) is 12.8 Å². The minimum absolute atomic E-state index is 0.222. The SMILES string of the molecule is CCC(CC)n1cnc(C#N)c1C#N. The van der Waals surface area contributed by atoms with Crippen molar-refractivity contribution in [3.8, 4) is 12.1 Å². The Hall–Kier alpha value is -1.81. The van der Waals surface area contributed by atoms with Gasteiger partial charge in [0.1, 0.15) is 12.1 Å². The van der Waals surface area contributed by atoms with Gasteiger partial charge in [0.15, 0.2) is 11.4 Å². The second kappa shape index (κ2) is 4.43. The molecule has 0 bridgehead atoms. The van der Waals surface area contributed by atoms with Crippen LogP contribution in [-0.4, -0.2) is 9.55 Å². The Morgan fingerprint density at radius 3 is 2.43 bits per heavy atom. The second-order valence-electron chi connectivity index (χ2n) is 3.04. The van der Waals surface area contributed by atoms with Crippen LogP contribution in [0.15, 0.2) is 6.33 Å². The standard InChI is InChI=1S/C10H12N4/c1-3-8(4-2)14-7-13-9(5-11)10(14)6-12/h7-8H,3-4H2,1-2H3. The van der Waals surface area contributed by atoms with Crippen LogP contribution < -0.4 is 0 Å². The highest BCUT2D eigenvalue weighted by Crippen LogP contribution is 2.19. The lowest BCUT2D eigenvalue weighted by Gasteiger charge is -2.14. The van der Waals surface area contributed by atoms with Gasteiger partial charge >= 0.3 is 0 Å². The van der Waals surface area contributed by atoms with Gasteiger partial charge in [0.05, 0.1) is 6.33 Å². The largest absolute Gasteiger partial charge is 0.318 e. The third kappa shape index (κ3) is 1.60. The Balaban J connectivity index is 3.17. The van der Waals surface area contributed by atoms with Crippen LogP contribution >= 0.6 is 0 Å². The summed E-state index contributed by atoms with van der Waals surface area (Å²) in [4.78, 5) is 3.90. The molecule has 0 N–H and O–H groups in total. The van der Waals surface area contributed by atoms with E-state index in [1.165, 1.54) is 0 Å². The van der Waals surface area contributed by atoms with Crippen LogP contribution in [-0.2, 0) is 0 Å². The van der Waals surface area contributed by atoms with Gasteiger partial charge in [-0.2, -0.15) is 10.5 Å². The molecule has 0 aliphatic carbocycles. The third-order valence-corrected chi connectivity index (χ3v) is 2.34. The molecule has 4 nitrogen and oxygen atoms in total. The highest BCUT2D eigenvalue weighted by Gasteiger charge is 2.15. The summed E-state index contributed by atoms with van der Waals surface area (Å²) < 4.78 is 1.79. The van der Waals surface area contributed by atoms with Gasteiger partial charge in [0, 0.05) is 6.04 Å². The average molecular weight is 188 g/mol. The van der Waals surface area contributed by atoms with Crippen LogP contribution in [0.5, 0.6) is 0 Å². The van der Waals surface area contributed by atoms with E-state index in [1.54, 1.807) is 10.9 Å². The number of hydrogen-bond donors (Lipinski definition) is 0. The zero-order chi connectivity index (χ0) is 10.6. The topological polar surface area (TPSA) is 65.4 Å². The van der Waals surface area contributed by atoms with Crippen molar-refractivity contribution in [2.75, 3.05) is 0 Å². The van der Waals surface area contributed by atoms with E-state index in [-0.39, 0.29) is 11.7 Å². The predicted octanol–water partition coefficient (Wildman–Crippen LogP) is 1.99. The lowest BCUT2D eigenvalue weighted by Crippen LogP contribution is -2.08. The third-order valence-electron chi connectivity index (χ3n) is 2.34. The number of nitriles is 2. The minimum Gasteiger partial charge on any atom is -0.318 e. The van der Waals surface area contributed by atoms with Crippen LogP contribution in [0.2, 0.25) is 0 Å². The zero-order valence-corrected chi connectivity index (χ0v) is 8.36. The van der Waals surface area contributed by atoms with Crippen molar-refractivity contribution in [3.05, 3.63) is 17.7 Å². The van der Waals surface area contributed by atoms with Gasteiger partial charge in [-0.15, -0.1) is 0 Å². The summed E-state index contributed by atoms with van der Waals surface area (Å²) in [5, 5.41) is 17.6. The predicted molar refractivity (Wildman–Crippen MR) is 51.3 cm³/mol. The monoisotopic (exact) mass is 188 g/mol. The fourth-order valence-corrected chi connectivity index (χ4v) is 1.51. The van der Waals surface area contributed by atoms with Crippen molar-refractivity contribution in [1.82, 2.24) is 9.55 Å². The highest BCUT2D eigenvalue weighted by atomic mass is 15.1. The van der Waals surface area contributed by atoms with Gasteiger partial charge in [-0.1, -0.05) is 13.8 Å². The van der Waals surface area contributed by atoms with Crippen molar-refractivity contribution in [2.24, 2.45) is 0 Å². The Kier molecular flexibility index (Phi) is 3.25. The molecule has 0 atom stereocenters. The van der Waals surface area contributed by atoms with Crippen molar-refractivity contribution in [1.29, 1.82) is 10.5 Å². The van der Waals surface area contributed by atoms with Crippen molar-refractivity contribution in [2.45, 2.75) is 32.7 Å². The molecular formula is C10H12N4. The molecule has 1 aromatic heterocycles. The number of hydrogen-bond acceptors (Lipinski definition) is 3. The van der Waals surface area contributed by atoms with E-state index in [4.69, 9.17) is 10.5 Å². The van der Waals surface area contributed by atoms with Crippen LogP contribution in [0, 0.1) is 22.7 Å². The molecule has 0 aliphatic heterocycles. The molecule has 1 rings (SSSR count). The molecule has 1 aromatic rings. The summed E-state index contributed by atoms with van der Waals surface area (Å²) >= 11 is 0. The summed E-state index contributed by atoms with van der Waals surface area (Å²) in [5.74, 6) is 0. The van der Waals surface area contributed by atoms with E-state index >= 15 is 0 Å². The van der Waals surface area contributed by atoms with E-state index in [1.807, 2.05) is 12.1 Å². The maximum absolute atomic E-state index is 8.90. The quantitative estimate of drug-likeness (QED) is 0.728. The van der Waals surface area contributed by atoms with Gasteiger partial charge < -0.3 is 4.57 Å². The van der Waals surface area contributed by atoms with Crippen molar-refractivity contribution < 1.29 is 0 Å². The summed E-state index contributed by atoms with van der Waals surface area (Å²) in [6, 6.07) is 4.20. The summed E-state index contributed by atoms with van der Waals surface area (Å²) in [6.45, 7) is 4.11. The second-order valence-corrected chi connectivity index (χ2v) is 3.04. The Labute approximate surface area is 83.4 Å². The summed E-state index contributed by atoms with van der Waals surface area (Å²) in [7, 11) is 0. The molecule has 0 amide bonds. The lowest BCUT2D eigenvalue weighted by atomic mass is 10.1. The number of nitrogens with zero attached hydrogens (tertiary/aromatic N) is 4. The van der Waals surface area contributed by atoms with E-state index in [9.17, 15) is 0 Å². The van der Waals surface area contributed by atoms with Crippen LogP contribution in [0.1, 0.15) is 44.1 Å². The molecule has 14 heavy (non-hydrogen) atoms. The molecule has 0 fully saturated rings. The Bertz CT molecular complexity index is 387. The van der Waals surface area contributed by atoms with E-state index in [0.717, 1.165) is 12.8 Å². The average Bonchev–Trinajstić information content (AvgIpc) is 2.62. The van der Waals surface area contributed by atoms with Crippen molar-refractivity contribution in [3.63, 3.8) is 0 Å². The molecule has 4 heteroatoms. The Morgan fingerprint density at radius 2 is 2.00 bits per heavy atom. The number of aromatic nitrogens is 2. The fourth-order valence-electron chi connectivity index (χ4n) is 1.51. The van der Waals surface area contributed by atoms with Gasteiger partial charge in [-0.3, -0.25) is 0 Å². The van der Waals surface area contributed by atoms with Gasteiger partial charge in [0.2, 0.25) is 0 Å². The summed E-state index contributed by atoms with van der Waals surface area (Å²) in [6.07, 6.45) is 3.45. The molecular weight excluding hydrogens is 176 g/mol. The lowest BCUT2D eigenvalue weighted by molar-refractivity contribution is 0.468. The van der Waals surface area contributed by atoms with Gasteiger partial charge in [0.25, 0.3) is 0 Å². The van der Waals surface area contributed by atoms with Crippen LogP contribution in [0.25, 0.3) is 0 Å². The first-order chi connectivity index (χ1) is 6.78. The minimum atomic E-state index is 0.222. The molecule has 0 saturated heterocycles. The molecule has 0 aromatic carbocycles. The molecule has 0 unspecified atom stereocenters. The number of rotatable bonds is 3. The summed E-state index contributed by atoms with van der Waals surface area (Å²) in [5.41, 5.74) is 0.598. The first-order valence-corrected chi connectivity index (χ1v) is 4.65. The molecule has 72 valence electrons. The maximum Gasteiger partial charge on any atom is 0.176 e. The van der Waals surface area contributed by atoms with Gasteiger partial charge in [-0.25, -0.2) is 4.98 Å². The first-order valence-electron chi connectivity index (χ1n) is 4.65. The highest BCUT2D eigenvalue weighted by molar-refractivity contribution is 5.36. The Morgan fingerprint density at radius 1 is 1.36 bits per heavy atom. The molecule has 1 heterocycles. The maximum atomic E-state index is 8.90. The van der Waals surface area contributed by atoms with Crippen LogP contribution in [0.3, 0.4) is 0 Å². The van der Waals surface area contributed by atoms with Crippen LogP contribution in [0.4, 0.5) is 0 Å². The smallest absolute Gasteiger partial charge is 0.176 e. The first kappa shape index (κ1) is 10.3. The van der Waals surface area contributed by atoms with E-state index in [2.05, 4.69) is 18.8 Å². The molecule has 0 spiro atoms. The zero-order valence-electron chi connectivity index (χ0n) is 8.36.